The Bertz CT molecular complexity index is 3390. The van der Waals surface area contributed by atoms with Crippen LogP contribution in [0.1, 0.15) is 38.8 Å². The van der Waals surface area contributed by atoms with Crippen molar-refractivity contribution in [1.82, 2.24) is 14.5 Å². The van der Waals surface area contributed by atoms with Gasteiger partial charge < -0.3 is 8.98 Å². The van der Waals surface area contributed by atoms with E-state index in [2.05, 4.69) is 148 Å². The van der Waals surface area contributed by atoms with Crippen LogP contribution in [0.5, 0.6) is 0 Å². The predicted molar refractivity (Wildman–Crippen MR) is 263 cm³/mol. The van der Waals surface area contributed by atoms with E-state index in [-0.39, 0.29) is 25.7 Å². The van der Waals surface area contributed by atoms with Crippen LogP contribution in [0.25, 0.3) is 83.6 Å². The van der Waals surface area contributed by atoms with Gasteiger partial charge in [0.05, 0.1) is 22.4 Å². The Balaban J connectivity index is 0.000000197. The van der Waals surface area contributed by atoms with E-state index in [1.165, 1.54) is 17.2 Å². The quantitative estimate of drug-likeness (QED) is 0.118. The third-order valence-electron chi connectivity index (χ3n) is 10.9. The molecule has 0 aliphatic carbocycles. The molecule has 0 N–H and O–H groups in total. The summed E-state index contributed by atoms with van der Waals surface area (Å²) in [6, 6.07) is 61.3. The van der Waals surface area contributed by atoms with E-state index in [1.54, 1.807) is 12.1 Å². The van der Waals surface area contributed by atoms with Crippen molar-refractivity contribution in [2.75, 3.05) is 0 Å². The van der Waals surface area contributed by atoms with Gasteiger partial charge in [-0.3, -0.25) is 4.98 Å². The maximum absolute atomic E-state index is 8.80. The van der Waals surface area contributed by atoms with Gasteiger partial charge >= 0.3 is 145 Å². The second-order valence-electron chi connectivity index (χ2n) is 17.6. The zero-order valence-corrected chi connectivity index (χ0v) is 40.7. The Kier molecular flexibility index (Phi) is 10.8. The molecule has 0 aliphatic heterocycles. The number of aromatic nitrogens is 3. The Morgan fingerprint density at radius 1 is 0.730 bits per heavy atom. The average Bonchev–Trinajstić information content (AvgIpc) is 3.90. The number of imidazole rings is 1. The number of pyridine rings is 1. The largest absolute Gasteiger partial charge is 0.501 e. The molecule has 0 saturated heterocycles. The van der Waals surface area contributed by atoms with Crippen molar-refractivity contribution in [2.24, 2.45) is 5.41 Å². The van der Waals surface area contributed by atoms with Crippen molar-refractivity contribution in [3.8, 4) is 50.6 Å². The third kappa shape index (κ3) is 9.29. The van der Waals surface area contributed by atoms with E-state index in [4.69, 9.17) is 16.3 Å². The summed E-state index contributed by atoms with van der Waals surface area (Å²) >= 11 is -2.36. The molecule has 0 fully saturated rings. The molecule has 1 radical (unpaired) electrons. The van der Waals surface area contributed by atoms with Crippen LogP contribution in [-0.4, -0.2) is 27.8 Å². The van der Waals surface area contributed by atoms with Crippen LogP contribution in [0, 0.1) is 24.4 Å². The van der Waals surface area contributed by atoms with Gasteiger partial charge in [-0.1, -0.05) is 108 Å². The first-order valence-electron chi connectivity index (χ1n) is 23.5. The molecule has 63 heavy (non-hydrogen) atoms. The van der Waals surface area contributed by atoms with Crippen molar-refractivity contribution in [2.45, 2.75) is 51.3 Å². The van der Waals surface area contributed by atoms with Crippen molar-refractivity contribution in [3.05, 3.63) is 193 Å². The first-order valence-corrected chi connectivity index (χ1v) is 28.3. The zero-order valence-electron chi connectivity index (χ0n) is 41.2. The molecule has 10 aromatic rings. The minimum Gasteiger partial charge on any atom is -0.501 e. The van der Waals surface area contributed by atoms with Gasteiger partial charge in [0.1, 0.15) is 5.58 Å². The number of furan rings is 1. The molecule has 3 aromatic heterocycles. The average molecular weight is 1060 g/mol. The van der Waals surface area contributed by atoms with Crippen molar-refractivity contribution in [3.63, 3.8) is 0 Å². The van der Waals surface area contributed by atoms with E-state index in [1.807, 2.05) is 63.4 Å². The van der Waals surface area contributed by atoms with Crippen LogP contribution >= 0.6 is 0 Å². The first-order chi connectivity index (χ1) is 31.9. The second kappa shape index (κ2) is 18.1. The molecule has 6 heteroatoms. The molecule has 4 nitrogen and oxygen atoms in total. The summed E-state index contributed by atoms with van der Waals surface area (Å²) < 4.78 is 49.8. The van der Waals surface area contributed by atoms with E-state index in [0.29, 0.717) is 16.8 Å². The van der Waals surface area contributed by atoms with Crippen LogP contribution in [0.3, 0.4) is 0 Å². The molecule has 0 unspecified atom stereocenters. The minimum atomic E-state index is -2.36. The van der Waals surface area contributed by atoms with E-state index < -0.39 is 31.9 Å². The summed E-state index contributed by atoms with van der Waals surface area (Å²) in [6.45, 7) is 3.55. The number of fused-ring (bicyclic) bond motifs is 4. The number of benzene rings is 7. The number of para-hydroxylation sites is 3. The van der Waals surface area contributed by atoms with Crippen molar-refractivity contribution in [1.29, 1.82) is 0 Å². The topological polar surface area (TPSA) is 43.9 Å². The summed E-state index contributed by atoms with van der Waals surface area (Å²) in [4.78, 5) is 9.74. The molecule has 0 saturated carbocycles. The van der Waals surface area contributed by atoms with Crippen molar-refractivity contribution < 1.29 is 31.4 Å². The number of nitrogens with zero attached hydrogens (tertiary/aromatic N) is 3. The minimum absolute atomic E-state index is 0. The third-order valence-corrected chi connectivity index (χ3v) is 15.1. The van der Waals surface area contributed by atoms with Gasteiger partial charge in [0, 0.05) is 36.7 Å². The van der Waals surface area contributed by atoms with Gasteiger partial charge in [-0.25, -0.2) is 0 Å². The zero-order chi connectivity index (χ0) is 47.3. The summed E-state index contributed by atoms with van der Waals surface area (Å²) in [7, 11) is 0. The van der Waals surface area contributed by atoms with E-state index in [9.17, 15) is 0 Å². The van der Waals surface area contributed by atoms with Crippen LogP contribution in [-0.2, 0) is 26.5 Å². The van der Waals surface area contributed by atoms with Gasteiger partial charge in [0.2, 0.25) is 0 Å². The second-order valence-corrected chi connectivity index (χ2v) is 28.2. The van der Waals surface area contributed by atoms with Gasteiger partial charge in [-0.2, -0.15) is 0 Å². The van der Waals surface area contributed by atoms with Crippen LogP contribution < -0.4 is 4.40 Å². The first kappa shape index (κ1) is 37.7. The Morgan fingerprint density at radius 3 is 2.16 bits per heavy atom. The van der Waals surface area contributed by atoms with Crippen LogP contribution in [0.2, 0.25) is 17.3 Å². The van der Waals surface area contributed by atoms with Crippen LogP contribution in [0.4, 0.5) is 0 Å². The molecule has 0 aliphatic rings. The molecule has 3 heterocycles. The number of aryl methyl sites for hydroxylation is 1. The van der Waals surface area contributed by atoms with Crippen molar-refractivity contribution >= 4 is 50.6 Å². The summed E-state index contributed by atoms with van der Waals surface area (Å²) in [5.41, 5.74) is 11.8. The standard InChI is InChI=1S/C37H23N2O.C20H28GeN.Ir/c1-3-12-25(13-4-1)27-22-23-33(31(24-27)26-14-5-2-6-15-26)39-34-20-9-8-19-32(34)38-37(39)30-18-11-17-29-28-16-7-10-21-35(28)40-36(29)30;1-15-8-10-16(11-9-15)19-12-17(13-20(2,3)4)18(14-22-19)21(5,6)7;/h1-17,19-24H;8-10,12,14H,13H2,1-7H3;/q2*-1;/i;1D3,13D2;. The fourth-order valence-electron chi connectivity index (χ4n) is 7.98. The summed E-state index contributed by atoms with van der Waals surface area (Å²) in [5, 5.41) is 2.15. The van der Waals surface area contributed by atoms with Crippen LogP contribution in [0.15, 0.2) is 174 Å². The predicted octanol–water partition coefficient (Wildman–Crippen LogP) is 14.7. The molecule has 7 aromatic carbocycles. The fraction of sp³-hybridized carbons (Fsp3) is 0.158. The molecule has 0 spiro atoms. The molecule has 10 rings (SSSR count). The van der Waals surface area contributed by atoms with Gasteiger partial charge in [0.25, 0.3) is 0 Å². The number of hydrogen-bond acceptors (Lipinski definition) is 3. The smallest absolute Gasteiger partial charge is 0.120 e. The summed E-state index contributed by atoms with van der Waals surface area (Å²) in [5.74, 6) is 7.50. The van der Waals surface area contributed by atoms with Gasteiger partial charge in [-0.05, 0) is 47.0 Å². The number of rotatable bonds is 7. The van der Waals surface area contributed by atoms with Gasteiger partial charge in [0.15, 0.2) is 0 Å². The Morgan fingerprint density at radius 2 is 1.44 bits per heavy atom. The molecular weight excluding hydrogens is 1010 g/mol. The molecule has 0 atom stereocenters. The fourth-order valence-corrected chi connectivity index (χ4v) is 10.9. The van der Waals surface area contributed by atoms with E-state index >= 15 is 0 Å². The SMILES string of the molecule is [2H]C([2H])([2H])c1c[c-]c(-c2cc(C([2H])([2H])C(C)(C)C)[c]([Ge]([CH3])([CH3])[CH3])cn2)cc1.[Ir].[c-]1ccc2c(oc3ccccc32)c1-c1nc2ccccc2n1-c1ccc(-c2ccccc2)cc1-c1ccccc1. The Hall–Kier alpha value is -5.85. The molecule has 0 bridgehead atoms. The number of hydrogen-bond donors (Lipinski definition) is 0. The Labute approximate surface area is 394 Å². The molecule has 315 valence electrons. The maximum Gasteiger partial charge on any atom is 0.120 e. The molecular formula is C57H51GeIrN3O-2. The maximum atomic E-state index is 8.80. The van der Waals surface area contributed by atoms with E-state index in [0.717, 1.165) is 65.6 Å². The summed E-state index contributed by atoms with van der Waals surface area (Å²) in [6.07, 6.45) is 0.303. The van der Waals surface area contributed by atoms with Gasteiger partial charge in [-0.15, -0.1) is 18.2 Å². The molecule has 0 amide bonds. The monoisotopic (exact) mass is 1070 g/mol. The normalized spacial score (nSPS) is 13.3.